The number of ether oxygens (including phenoxy) is 4. The third-order valence-electron chi connectivity index (χ3n) is 10.7. The smallest absolute Gasteiger partial charge is 0.305 e. The van der Waals surface area contributed by atoms with Crippen molar-refractivity contribution >= 4 is 23.9 Å². The van der Waals surface area contributed by atoms with Crippen LogP contribution in [0.3, 0.4) is 0 Å². The van der Waals surface area contributed by atoms with Crippen molar-refractivity contribution in [3.8, 4) is 0 Å². The molecular weight excluding hydrogens is 741 g/mol. The molecule has 0 aromatic heterocycles. The summed E-state index contributed by atoms with van der Waals surface area (Å²) < 4.78 is 21.2. The second kappa shape index (κ2) is 48.5. The number of carbonyl (C=O) groups is 4. The number of rotatable bonds is 43. The first-order chi connectivity index (χ1) is 28.6. The van der Waals surface area contributed by atoms with Gasteiger partial charge in [-0.3, -0.25) is 19.2 Å². The molecule has 59 heavy (non-hydrogen) atoms. The second-order valence-electron chi connectivity index (χ2n) is 17.8. The number of carbonyl (C=O) groups excluding carboxylic acids is 4. The van der Waals surface area contributed by atoms with Crippen LogP contribution in [-0.4, -0.2) is 50.3 Å². The fraction of sp³-hybridized carbons (Fsp3) is 0.922. The van der Waals surface area contributed by atoms with Crippen LogP contribution in [0.1, 0.15) is 266 Å². The van der Waals surface area contributed by atoms with Crippen LogP contribution in [0.2, 0.25) is 0 Å². The van der Waals surface area contributed by atoms with E-state index in [2.05, 4.69) is 41.5 Å². The third-order valence-corrected chi connectivity index (χ3v) is 10.7. The molecular formula is C51H98O8. The summed E-state index contributed by atoms with van der Waals surface area (Å²) in [6.07, 6.45) is 37.0. The van der Waals surface area contributed by atoms with Gasteiger partial charge in [0.15, 0.2) is 0 Å². The van der Waals surface area contributed by atoms with Gasteiger partial charge in [0, 0.05) is 25.7 Å². The monoisotopic (exact) mass is 839 g/mol. The summed E-state index contributed by atoms with van der Waals surface area (Å²) >= 11 is 0. The maximum Gasteiger partial charge on any atom is 0.305 e. The Kier molecular flexibility index (Phi) is 48.5. The Morgan fingerprint density at radius 3 is 0.729 bits per heavy atom. The maximum atomic E-state index is 11.7. The van der Waals surface area contributed by atoms with Gasteiger partial charge >= 0.3 is 23.9 Å². The Bertz CT molecular complexity index is 845. The lowest BCUT2D eigenvalue weighted by Crippen LogP contribution is -2.06. The van der Waals surface area contributed by atoms with Crippen LogP contribution in [0.15, 0.2) is 0 Å². The predicted molar refractivity (Wildman–Crippen MR) is 246 cm³/mol. The van der Waals surface area contributed by atoms with Gasteiger partial charge in [-0.1, -0.05) is 189 Å². The van der Waals surface area contributed by atoms with Crippen LogP contribution in [0.5, 0.6) is 0 Å². The van der Waals surface area contributed by atoms with Crippen molar-refractivity contribution in [1.82, 2.24) is 0 Å². The summed E-state index contributed by atoms with van der Waals surface area (Å²) in [5.74, 6) is 1.30. The molecule has 0 saturated heterocycles. The lowest BCUT2D eigenvalue weighted by atomic mass is 10.1. The summed E-state index contributed by atoms with van der Waals surface area (Å²) in [5, 5.41) is 0. The van der Waals surface area contributed by atoms with Gasteiger partial charge < -0.3 is 18.9 Å². The maximum absolute atomic E-state index is 11.7. The Balaban J connectivity index is 0. The van der Waals surface area contributed by atoms with Gasteiger partial charge in [0.05, 0.1) is 26.4 Å². The minimum Gasteiger partial charge on any atom is -0.466 e. The molecule has 0 rings (SSSR count). The van der Waals surface area contributed by atoms with Gasteiger partial charge in [0.25, 0.3) is 0 Å². The van der Waals surface area contributed by atoms with Crippen molar-refractivity contribution in [2.24, 2.45) is 11.8 Å². The highest BCUT2D eigenvalue weighted by molar-refractivity contribution is 5.70. The SMILES string of the molecule is CC(C)CCCCCOC(=O)CCCCCCCC(=O)OCCCCCC(C)C.CCCCCCCCOC(=O)CCCCCCCCC(=O)OCCCCCCCC. The molecule has 0 aliphatic carbocycles. The zero-order chi connectivity index (χ0) is 43.9. The molecule has 8 heteroatoms. The summed E-state index contributed by atoms with van der Waals surface area (Å²) in [4.78, 5) is 46.7. The fourth-order valence-corrected chi connectivity index (χ4v) is 6.78. The minimum absolute atomic E-state index is 0.0448. The molecule has 0 radical (unpaired) electrons. The van der Waals surface area contributed by atoms with Gasteiger partial charge in [-0.15, -0.1) is 0 Å². The van der Waals surface area contributed by atoms with E-state index in [1.54, 1.807) is 0 Å². The number of hydrogen-bond donors (Lipinski definition) is 0. The van der Waals surface area contributed by atoms with Gasteiger partial charge in [0.2, 0.25) is 0 Å². The van der Waals surface area contributed by atoms with Crippen LogP contribution in [0.25, 0.3) is 0 Å². The standard InChI is InChI=1S/C26H50O4.C25H48O4/c1-3-5-7-9-15-19-23-29-25(27)21-17-13-11-12-14-18-22-26(28)30-24-20-16-10-8-6-4-2;1-22(2)16-10-8-14-20-28-24(26)18-12-6-5-7-13-19-25(27)29-21-15-9-11-17-23(3)4/h3-24H2,1-2H3;22-23H,5-21H2,1-4H3. The highest BCUT2D eigenvalue weighted by Gasteiger charge is 2.07. The lowest BCUT2D eigenvalue weighted by Gasteiger charge is -2.07. The van der Waals surface area contributed by atoms with E-state index in [4.69, 9.17) is 18.9 Å². The van der Waals surface area contributed by atoms with E-state index in [1.807, 2.05) is 0 Å². The van der Waals surface area contributed by atoms with Gasteiger partial charge in [0.1, 0.15) is 0 Å². The van der Waals surface area contributed by atoms with E-state index in [0.717, 1.165) is 121 Å². The Labute approximate surface area is 365 Å². The minimum atomic E-state index is -0.0640. The molecule has 0 aromatic rings. The van der Waals surface area contributed by atoms with Crippen LogP contribution in [-0.2, 0) is 38.1 Å². The van der Waals surface area contributed by atoms with Crippen molar-refractivity contribution < 1.29 is 38.1 Å². The summed E-state index contributed by atoms with van der Waals surface area (Å²) in [7, 11) is 0. The van der Waals surface area contributed by atoms with Crippen molar-refractivity contribution in [3.63, 3.8) is 0 Å². The molecule has 0 aromatic carbocycles. The molecule has 0 atom stereocenters. The third kappa shape index (κ3) is 53.9. The topological polar surface area (TPSA) is 105 Å². The van der Waals surface area contributed by atoms with Crippen molar-refractivity contribution in [2.75, 3.05) is 26.4 Å². The molecule has 0 aliphatic heterocycles. The Morgan fingerprint density at radius 2 is 0.492 bits per heavy atom. The molecule has 0 unspecified atom stereocenters. The quantitative estimate of drug-likeness (QED) is 0.0340. The van der Waals surface area contributed by atoms with E-state index in [0.29, 0.717) is 52.1 Å². The fourth-order valence-electron chi connectivity index (χ4n) is 6.78. The van der Waals surface area contributed by atoms with Crippen molar-refractivity contribution in [1.29, 1.82) is 0 Å². The molecule has 0 spiro atoms. The highest BCUT2D eigenvalue weighted by Crippen LogP contribution is 2.13. The Hall–Kier alpha value is -2.12. The first kappa shape index (κ1) is 59.0. The van der Waals surface area contributed by atoms with Gasteiger partial charge in [-0.2, -0.15) is 0 Å². The van der Waals surface area contributed by atoms with E-state index in [-0.39, 0.29) is 23.9 Å². The van der Waals surface area contributed by atoms with Gasteiger partial charge in [-0.05, 0) is 63.2 Å². The van der Waals surface area contributed by atoms with E-state index in [9.17, 15) is 19.2 Å². The highest BCUT2D eigenvalue weighted by atomic mass is 16.5. The van der Waals surface area contributed by atoms with Crippen LogP contribution in [0.4, 0.5) is 0 Å². The summed E-state index contributed by atoms with van der Waals surface area (Å²) in [6.45, 7) is 15.7. The summed E-state index contributed by atoms with van der Waals surface area (Å²) in [6, 6.07) is 0. The molecule has 0 fully saturated rings. The molecule has 0 bridgehead atoms. The van der Waals surface area contributed by atoms with E-state index >= 15 is 0 Å². The number of unbranched alkanes of at least 4 members (excludes halogenated alkanes) is 23. The van der Waals surface area contributed by atoms with Crippen molar-refractivity contribution in [3.05, 3.63) is 0 Å². The second-order valence-corrected chi connectivity index (χ2v) is 17.8. The lowest BCUT2D eigenvalue weighted by molar-refractivity contribution is -0.144. The van der Waals surface area contributed by atoms with Gasteiger partial charge in [-0.25, -0.2) is 0 Å². The zero-order valence-corrected chi connectivity index (χ0v) is 40.0. The molecule has 8 nitrogen and oxygen atoms in total. The zero-order valence-electron chi connectivity index (χ0n) is 40.0. The molecule has 0 N–H and O–H groups in total. The normalized spacial score (nSPS) is 11.1. The van der Waals surface area contributed by atoms with E-state index < -0.39 is 0 Å². The van der Waals surface area contributed by atoms with Crippen molar-refractivity contribution in [2.45, 2.75) is 266 Å². The summed E-state index contributed by atoms with van der Waals surface area (Å²) in [5.41, 5.74) is 0. The van der Waals surface area contributed by atoms with E-state index in [1.165, 1.54) is 89.9 Å². The Morgan fingerprint density at radius 1 is 0.288 bits per heavy atom. The van der Waals surface area contributed by atoms with Crippen LogP contribution >= 0.6 is 0 Å². The average Bonchev–Trinajstić information content (AvgIpc) is 3.20. The molecule has 0 saturated carbocycles. The largest absolute Gasteiger partial charge is 0.466 e. The number of esters is 4. The molecule has 350 valence electrons. The number of hydrogen-bond acceptors (Lipinski definition) is 8. The first-order valence-electron chi connectivity index (χ1n) is 25.2. The predicted octanol–water partition coefficient (Wildman–Crippen LogP) is 15.2. The van der Waals surface area contributed by atoms with Crippen LogP contribution < -0.4 is 0 Å². The molecule has 0 aliphatic rings. The molecule has 0 amide bonds. The van der Waals surface area contributed by atoms with Crippen LogP contribution in [0, 0.1) is 11.8 Å². The molecule has 0 heterocycles. The first-order valence-corrected chi connectivity index (χ1v) is 25.2. The average molecular weight is 839 g/mol.